The third-order valence-electron chi connectivity index (χ3n) is 2.09. The number of aliphatic carboxylic acids is 1. The largest absolute Gasteiger partial charge is 0.480 e. The zero-order valence-electron chi connectivity index (χ0n) is 8.53. The summed E-state index contributed by atoms with van der Waals surface area (Å²) in [5.41, 5.74) is 5.38. The predicted molar refractivity (Wildman–Crippen MR) is 50.6 cm³/mol. The van der Waals surface area contributed by atoms with E-state index in [1.807, 2.05) is 6.92 Å². The number of unbranched alkanes of at least 4 members (excludes halogenated alkanes) is 1. The minimum atomic E-state index is -1.17. The van der Waals surface area contributed by atoms with Gasteiger partial charge in [-0.2, -0.15) is 0 Å². The number of rotatable bonds is 6. The summed E-state index contributed by atoms with van der Waals surface area (Å²) in [6, 6.07) is -1.17. The van der Waals surface area contributed by atoms with Crippen LogP contribution in [0, 0.1) is 5.92 Å². The summed E-state index contributed by atoms with van der Waals surface area (Å²) < 4.78 is 4.50. The van der Waals surface area contributed by atoms with Crippen LogP contribution in [0.3, 0.4) is 0 Å². The van der Waals surface area contributed by atoms with Crippen molar-refractivity contribution in [2.45, 2.75) is 32.2 Å². The van der Waals surface area contributed by atoms with Crippen molar-refractivity contribution in [3.63, 3.8) is 0 Å². The summed E-state index contributed by atoms with van der Waals surface area (Å²) in [6.45, 7) is 1.96. The first-order chi connectivity index (χ1) is 6.54. The minimum absolute atomic E-state index is 0.455. The van der Waals surface area contributed by atoms with Crippen LogP contribution in [0.5, 0.6) is 0 Å². The van der Waals surface area contributed by atoms with E-state index in [-0.39, 0.29) is 0 Å². The van der Waals surface area contributed by atoms with Crippen LogP contribution in [0.4, 0.5) is 0 Å². The second-order valence-corrected chi connectivity index (χ2v) is 3.14. The van der Waals surface area contributed by atoms with E-state index in [1.165, 1.54) is 7.11 Å². The van der Waals surface area contributed by atoms with Gasteiger partial charge in [0.25, 0.3) is 0 Å². The Kier molecular flexibility index (Phi) is 5.87. The molecule has 0 aliphatic heterocycles. The molecule has 0 aromatic rings. The standard InChI is InChI=1S/C9H17NO4/c1-3-4-5-6(9(13)14-2)7(10)8(11)12/h6-7H,3-5,10H2,1-2H3,(H,11,12). The molecule has 0 aromatic heterocycles. The lowest BCUT2D eigenvalue weighted by atomic mass is 9.94. The van der Waals surface area contributed by atoms with E-state index < -0.39 is 23.9 Å². The van der Waals surface area contributed by atoms with Gasteiger partial charge < -0.3 is 15.6 Å². The van der Waals surface area contributed by atoms with Gasteiger partial charge in [0.2, 0.25) is 0 Å². The number of carboxylic acid groups (broad SMARTS) is 1. The Morgan fingerprint density at radius 1 is 1.50 bits per heavy atom. The molecule has 0 heterocycles. The Balaban J connectivity index is 4.37. The molecular weight excluding hydrogens is 186 g/mol. The van der Waals surface area contributed by atoms with Gasteiger partial charge in [-0.1, -0.05) is 19.8 Å². The molecule has 0 saturated heterocycles. The topological polar surface area (TPSA) is 89.6 Å². The first kappa shape index (κ1) is 12.9. The van der Waals surface area contributed by atoms with Crippen LogP contribution >= 0.6 is 0 Å². The third kappa shape index (κ3) is 3.74. The highest BCUT2D eigenvalue weighted by molar-refractivity contribution is 5.83. The highest BCUT2D eigenvalue weighted by atomic mass is 16.5. The minimum Gasteiger partial charge on any atom is -0.480 e. The maximum atomic E-state index is 11.2. The number of hydrogen-bond donors (Lipinski definition) is 2. The smallest absolute Gasteiger partial charge is 0.321 e. The molecule has 0 bridgehead atoms. The van der Waals surface area contributed by atoms with Crippen molar-refractivity contribution in [2.75, 3.05) is 7.11 Å². The van der Waals surface area contributed by atoms with E-state index in [4.69, 9.17) is 10.8 Å². The van der Waals surface area contributed by atoms with Gasteiger partial charge in [-0.3, -0.25) is 9.59 Å². The predicted octanol–water partition coefficient (Wildman–Crippen LogP) is 0.378. The molecule has 5 nitrogen and oxygen atoms in total. The number of esters is 1. The van der Waals surface area contributed by atoms with Crippen LogP contribution in [0.1, 0.15) is 26.2 Å². The number of carbonyl (C=O) groups excluding carboxylic acids is 1. The van der Waals surface area contributed by atoms with Gasteiger partial charge in [-0.25, -0.2) is 0 Å². The van der Waals surface area contributed by atoms with Gasteiger partial charge in [0.15, 0.2) is 0 Å². The molecule has 0 aliphatic rings. The van der Waals surface area contributed by atoms with Crippen LogP contribution in [0.25, 0.3) is 0 Å². The summed E-state index contributed by atoms with van der Waals surface area (Å²) in [7, 11) is 1.23. The monoisotopic (exact) mass is 203 g/mol. The summed E-state index contributed by atoms with van der Waals surface area (Å²) in [6.07, 6.45) is 2.11. The Morgan fingerprint density at radius 3 is 2.43 bits per heavy atom. The van der Waals surface area contributed by atoms with Crippen molar-refractivity contribution in [3.05, 3.63) is 0 Å². The molecule has 2 atom stereocenters. The lowest BCUT2D eigenvalue weighted by molar-refractivity contribution is -0.152. The van der Waals surface area contributed by atoms with Crippen molar-refractivity contribution in [1.82, 2.24) is 0 Å². The van der Waals surface area contributed by atoms with Crippen LogP contribution in [0.2, 0.25) is 0 Å². The number of ether oxygens (including phenoxy) is 1. The van der Waals surface area contributed by atoms with Crippen molar-refractivity contribution < 1.29 is 19.4 Å². The number of nitrogens with two attached hydrogens (primary N) is 1. The highest BCUT2D eigenvalue weighted by Crippen LogP contribution is 2.13. The number of methoxy groups -OCH3 is 1. The van der Waals surface area contributed by atoms with E-state index in [2.05, 4.69) is 4.74 Å². The second kappa shape index (κ2) is 6.37. The van der Waals surface area contributed by atoms with Gasteiger partial charge in [0.1, 0.15) is 6.04 Å². The Morgan fingerprint density at radius 2 is 2.07 bits per heavy atom. The van der Waals surface area contributed by atoms with Crippen molar-refractivity contribution >= 4 is 11.9 Å². The molecule has 14 heavy (non-hydrogen) atoms. The summed E-state index contributed by atoms with van der Waals surface area (Å²) in [4.78, 5) is 21.8. The summed E-state index contributed by atoms with van der Waals surface area (Å²) in [5.74, 6) is -2.46. The van der Waals surface area contributed by atoms with Gasteiger partial charge in [0.05, 0.1) is 13.0 Å². The maximum absolute atomic E-state index is 11.2. The molecule has 2 unspecified atom stereocenters. The second-order valence-electron chi connectivity index (χ2n) is 3.14. The van der Waals surface area contributed by atoms with E-state index in [0.29, 0.717) is 6.42 Å². The van der Waals surface area contributed by atoms with Gasteiger partial charge >= 0.3 is 11.9 Å². The van der Waals surface area contributed by atoms with Gasteiger partial charge in [-0.05, 0) is 6.42 Å². The molecule has 0 spiro atoms. The molecule has 82 valence electrons. The van der Waals surface area contributed by atoms with Crippen LogP contribution < -0.4 is 5.73 Å². The quantitative estimate of drug-likeness (QED) is 0.609. The molecule has 3 N–H and O–H groups in total. The Labute approximate surface area is 83.2 Å². The molecule has 0 rings (SSSR count). The number of hydrogen-bond acceptors (Lipinski definition) is 4. The van der Waals surface area contributed by atoms with Crippen molar-refractivity contribution in [1.29, 1.82) is 0 Å². The van der Waals surface area contributed by atoms with Crippen LogP contribution in [-0.4, -0.2) is 30.2 Å². The fraction of sp³-hybridized carbons (Fsp3) is 0.778. The molecule has 0 saturated carbocycles. The average molecular weight is 203 g/mol. The summed E-state index contributed by atoms with van der Waals surface area (Å²) in [5, 5.41) is 8.66. The van der Waals surface area contributed by atoms with Crippen LogP contribution in [0.15, 0.2) is 0 Å². The molecular formula is C9H17NO4. The van der Waals surface area contributed by atoms with Gasteiger partial charge in [0, 0.05) is 0 Å². The SMILES string of the molecule is CCCCC(C(=O)OC)C(N)C(=O)O. The average Bonchev–Trinajstić information content (AvgIpc) is 2.17. The third-order valence-corrected chi connectivity index (χ3v) is 2.09. The number of carbonyl (C=O) groups is 2. The molecule has 0 aliphatic carbocycles. The fourth-order valence-electron chi connectivity index (χ4n) is 1.19. The molecule has 0 radical (unpaired) electrons. The molecule has 5 heteroatoms. The Bertz CT molecular complexity index is 205. The summed E-state index contributed by atoms with van der Waals surface area (Å²) >= 11 is 0. The molecule has 0 fully saturated rings. The molecule has 0 amide bonds. The molecule has 0 aromatic carbocycles. The van der Waals surface area contributed by atoms with E-state index in [1.54, 1.807) is 0 Å². The van der Waals surface area contributed by atoms with Crippen molar-refractivity contribution in [3.8, 4) is 0 Å². The highest BCUT2D eigenvalue weighted by Gasteiger charge is 2.30. The van der Waals surface area contributed by atoms with E-state index >= 15 is 0 Å². The number of carboxylic acids is 1. The zero-order chi connectivity index (χ0) is 11.1. The van der Waals surface area contributed by atoms with Crippen molar-refractivity contribution in [2.24, 2.45) is 11.7 Å². The lowest BCUT2D eigenvalue weighted by Crippen LogP contribution is -2.42. The van der Waals surface area contributed by atoms with Gasteiger partial charge in [-0.15, -0.1) is 0 Å². The van der Waals surface area contributed by atoms with E-state index in [0.717, 1.165) is 12.8 Å². The van der Waals surface area contributed by atoms with Crippen LogP contribution in [-0.2, 0) is 14.3 Å². The normalized spacial score (nSPS) is 14.5. The van der Waals surface area contributed by atoms with E-state index in [9.17, 15) is 9.59 Å². The zero-order valence-corrected chi connectivity index (χ0v) is 8.53. The lowest BCUT2D eigenvalue weighted by Gasteiger charge is -2.17. The fourth-order valence-corrected chi connectivity index (χ4v) is 1.19. The first-order valence-corrected chi connectivity index (χ1v) is 4.60. The first-order valence-electron chi connectivity index (χ1n) is 4.60. The Hall–Kier alpha value is -1.10. The maximum Gasteiger partial charge on any atom is 0.321 e.